The second kappa shape index (κ2) is 12.9. The molecule has 3 N–H and O–H groups in total. The van der Waals surface area contributed by atoms with Gasteiger partial charge in [-0.2, -0.15) is 5.48 Å². The molecule has 12 nitrogen and oxygen atoms in total. The fourth-order valence-corrected chi connectivity index (χ4v) is 8.28. The Morgan fingerprint density at radius 2 is 1.66 bits per heavy atom. The average Bonchev–Trinajstić information content (AvgIpc) is 4.04. The molecule has 1 aliphatic heterocycles. The second-order valence-corrected chi connectivity index (χ2v) is 17.1. The van der Waals surface area contributed by atoms with Crippen LogP contribution in [0.25, 0.3) is 11.1 Å². The van der Waals surface area contributed by atoms with E-state index in [4.69, 9.17) is 9.68 Å². The zero-order valence-electron chi connectivity index (χ0n) is 28.7. The van der Waals surface area contributed by atoms with Gasteiger partial charge in [0.1, 0.15) is 29.4 Å². The Bertz CT molecular complexity index is 1810. The van der Waals surface area contributed by atoms with Crippen molar-refractivity contribution in [1.29, 1.82) is 0 Å². The number of hydroxylamine groups is 1. The topological polar surface area (TPSA) is 156 Å². The van der Waals surface area contributed by atoms with Crippen LogP contribution in [0.4, 0.5) is 0 Å². The van der Waals surface area contributed by atoms with Gasteiger partial charge in [0.25, 0.3) is 5.91 Å². The van der Waals surface area contributed by atoms with E-state index < -0.39 is 56.7 Å². The van der Waals surface area contributed by atoms with Crippen LogP contribution in [0.2, 0.25) is 0 Å². The lowest BCUT2D eigenvalue weighted by Crippen LogP contribution is -2.58. The van der Waals surface area contributed by atoms with Gasteiger partial charge in [0.15, 0.2) is 0 Å². The third kappa shape index (κ3) is 6.58. The van der Waals surface area contributed by atoms with E-state index in [1.807, 2.05) is 62.4 Å². The van der Waals surface area contributed by atoms with Crippen LogP contribution in [0, 0.1) is 17.3 Å². The summed E-state index contributed by atoms with van der Waals surface area (Å²) in [6, 6.07) is 14.1. The van der Waals surface area contributed by atoms with Crippen LogP contribution in [0.1, 0.15) is 70.4 Å². The first-order chi connectivity index (χ1) is 23.9. The van der Waals surface area contributed by atoms with Crippen molar-refractivity contribution in [1.82, 2.24) is 20.4 Å². The Balaban J connectivity index is 1.13. The summed E-state index contributed by atoms with van der Waals surface area (Å²) >= 11 is 0. The normalized spacial score (nSPS) is 26.4. The van der Waals surface area contributed by atoms with Gasteiger partial charge in [-0.3, -0.25) is 19.1 Å². The highest BCUT2D eigenvalue weighted by atomic mass is 32.2. The highest BCUT2D eigenvalue weighted by Gasteiger charge is 2.62. The molecule has 0 unspecified atom stereocenters. The smallest absolute Gasteiger partial charge is 0.259 e. The predicted octanol–water partition coefficient (Wildman–Crippen LogP) is 3.42. The maximum absolute atomic E-state index is 14.2. The van der Waals surface area contributed by atoms with Crippen LogP contribution >= 0.6 is 0 Å². The number of carbonyl (C=O) groups is 3. The zero-order chi connectivity index (χ0) is 35.4. The number of fused-ring (bicyclic) bond motifs is 3. The quantitative estimate of drug-likeness (QED) is 0.171. The summed E-state index contributed by atoms with van der Waals surface area (Å²) in [6.07, 6.45) is 4.30. The molecule has 0 aromatic heterocycles. The zero-order valence-corrected chi connectivity index (χ0v) is 29.5. The SMILES string of the molecule is C=C[C@@H]1C[C@@]1(NC(=O)[C@@H]1C[C@@H](ON=C2c3ccccc3-c3ccccc32)CN1C(=O)[C@H](NOCC1(C)CC1)C(C)C)C(=O)NS(=O)(=O)C1CC1. The third-order valence-electron chi connectivity index (χ3n) is 10.7. The van der Waals surface area contributed by atoms with Crippen LogP contribution in [-0.4, -0.2) is 78.9 Å². The van der Waals surface area contributed by atoms with E-state index in [0.717, 1.165) is 35.1 Å². The van der Waals surface area contributed by atoms with Crippen LogP contribution in [0.3, 0.4) is 0 Å². The van der Waals surface area contributed by atoms with E-state index in [-0.39, 0.29) is 36.6 Å². The average molecular weight is 704 g/mol. The van der Waals surface area contributed by atoms with Crippen molar-refractivity contribution in [2.75, 3.05) is 13.2 Å². The molecule has 3 amide bonds. The molecule has 5 atom stereocenters. The van der Waals surface area contributed by atoms with Gasteiger partial charge in [-0.25, -0.2) is 8.42 Å². The molecule has 4 aliphatic carbocycles. The van der Waals surface area contributed by atoms with Crippen molar-refractivity contribution in [2.45, 2.75) is 88.3 Å². The molecule has 0 radical (unpaired) electrons. The van der Waals surface area contributed by atoms with Gasteiger partial charge in [0.2, 0.25) is 21.8 Å². The molecule has 13 heteroatoms. The number of rotatable bonds is 14. The van der Waals surface area contributed by atoms with Crippen molar-refractivity contribution in [3.8, 4) is 11.1 Å². The Morgan fingerprint density at radius 3 is 2.20 bits per heavy atom. The lowest BCUT2D eigenvalue weighted by atomic mass is 10.0. The predicted molar refractivity (Wildman–Crippen MR) is 187 cm³/mol. The molecule has 0 spiro atoms. The minimum Gasteiger partial charge on any atom is -0.390 e. The number of benzene rings is 2. The van der Waals surface area contributed by atoms with Gasteiger partial charge in [-0.05, 0) is 54.6 Å². The molecular weight excluding hydrogens is 659 g/mol. The van der Waals surface area contributed by atoms with Gasteiger partial charge >= 0.3 is 0 Å². The first-order valence-corrected chi connectivity index (χ1v) is 19.0. The van der Waals surface area contributed by atoms with Gasteiger partial charge in [0.05, 0.1) is 18.4 Å². The van der Waals surface area contributed by atoms with Crippen LogP contribution in [-0.2, 0) is 34.1 Å². The van der Waals surface area contributed by atoms with Crippen molar-refractivity contribution in [3.63, 3.8) is 0 Å². The Morgan fingerprint density at radius 1 is 1.04 bits per heavy atom. The molecule has 50 heavy (non-hydrogen) atoms. The largest absolute Gasteiger partial charge is 0.390 e. The molecule has 7 rings (SSSR count). The minimum atomic E-state index is -3.85. The summed E-state index contributed by atoms with van der Waals surface area (Å²) in [5, 5.41) is 6.84. The molecule has 266 valence electrons. The Labute approximate surface area is 293 Å². The first-order valence-electron chi connectivity index (χ1n) is 17.5. The highest BCUT2D eigenvalue weighted by molar-refractivity contribution is 7.91. The van der Waals surface area contributed by atoms with Crippen LogP contribution in [0.5, 0.6) is 0 Å². The number of amides is 3. The molecule has 2 aromatic rings. The molecule has 2 aromatic carbocycles. The number of nitrogens with one attached hydrogen (secondary N) is 3. The molecule has 4 fully saturated rings. The minimum absolute atomic E-state index is 0.0692. The van der Waals surface area contributed by atoms with Crippen molar-refractivity contribution < 1.29 is 32.5 Å². The van der Waals surface area contributed by atoms with E-state index >= 15 is 0 Å². The maximum Gasteiger partial charge on any atom is 0.259 e. The summed E-state index contributed by atoms with van der Waals surface area (Å²) in [6.45, 7) is 10.2. The van der Waals surface area contributed by atoms with Crippen molar-refractivity contribution in [3.05, 3.63) is 72.3 Å². The number of oxime groups is 1. The van der Waals surface area contributed by atoms with E-state index in [1.54, 1.807) is 0 Å². The number of sulfonamides is 1. The van der Waals surface area contributed by atoms with Gasteiger partial charge in [0, 0.05) is 23.5 Å². The molecule has 1 heterocycles. The number of likely N-dealkylation sites (tertiary alicyclic amines) is 1. The van der Waals surface area contributed by atoms with Crippen LogP contribution < -0.4 is 15.5 Å². The number of hydrogen-bond donors (Lipinski definition) is 3. The summed E-state index contributed by atoms with van der Waals surface area (Å²) in [5.74, 6) is -2.36. The van der Waals surface area contributed by atoms with E-state index in [9.17, 15) is 22.8 Å². The summed E-state index contributed by atoms with van der Waals surface area (Å²) in [5.41, 5.74) is 6.20. The third-order valence-corrected chi connectivity index (χ3v) is 12.5. The monoisotopic (exact) mass is 703 g/mol. The fraction of sp³-hybridized carbons (Fsp3) is 0.514. The Kier molecular flexibility index (Phi) is 8.88. The summed E-state index contributed by atoms with van der Waals surface area (Å²) < 4.78 is 27.5. The number of carbonyl (C=O) groups excluding carboxylic acids is 3. The number of hydrogen-bond acceptors (Lipinski definition) is 9. The van der Waals surface area contributed by atoms with E-state index in [2.05, 4.69) is 34.2 Å². The summed E-state index contributed by atoms with van der Waals surface area (Å²) in [7, 11) is -3.85. The fourth-order valence-electron chi connectivity index (χ4n) is 6.92. The first kappa shape index (κ1) is 34.4. The molecule has 5 aliphatic rings. The highest BCUT2D eigenvalue weighted by Crippen LogP contribution is 2.46. The van der Waals surface area contributed by atoms with Gasteiger partial charge < -0.3 is 19.9 Å². The van der Waals surface area contributed by atoms with Crippen molar-refractivity contribution >= 4 is 33.5 Å². The van der Waals surface area contributed by atoms with E-state index in [0.29, 0.717) is 25.2 Å². The maximum atomic E-state index is 14.2. The van der Waals surface area contributed by atoms with Crippen molar-refractivity contribution in [2.24, 2.45) is 22.4 Å². The standard InChI is InChI=1S/C37H45N5O7S/c1-5-23-19-37(23,35(45)41-50(46,47)25-14-15-25)38-33(43)30-18-24(20-42(30)34(44)31(22(2)3)39-48-21-36(4)16-17-36)49-40-32-28-12-8-6-10-26(28)27-11-7-9-13-29(27)32/h5-13,22-25,30-31,39H,1,14-21H2,2-4H3,(H,38,43)(H,41,45)/t23-,24-,30+,31-,37+/m1/s1. The Hall–Kier alpha value is -4.07. The van der Waals surface area contributed by atoms with Gasteiger partial charge in [-0.15, -0.1) is 6.58 Å². The molecular formula is C37H45N5O7S. The van der Waals surface area contributed by atoms with Gasteiger partial charge in [-0.1, -0.05) is 80.5 Å². The summed E-state index contributed by atoms with van der Waals surface area (Å²) in [4.78, 5) is 55.3. The van der Waals surface area contributed by atoms with E-state index in [1.165, 1.54) is 11.0 Å². The lowest BCUT2D eigenvalue weighted by molar-refractivity contribution is -0.146. The molecule has 0 bridgehead atoms. The number of nitrogens with zero attached hydrogens (tertiary/aromatic N) is 2. The molecule has 1 saturated heterocycles. The lowest BCUT2D eigenvalue weighted by Gasteiger charge is -2.31. The second-order valence-electron chi connectivity index (χ2n) is 15.1. The van der Waals surface area contributed by atoms with Crippen LogP contribution in [0.15, 0.2) is 66.3 Å². The molecule has 3 saturated carbocycles.